The zero-order valence-corrected chi connectivity index (χ0v) is 18.6. The number of ether oxygens (including phenoxy) is 4. The van der Waals surface area contributed by atoms with Crippen molar-refractivity contribution in [2.75, 3.05) is 28.4 Å². The first-order chi connectivity index (χ1) is 15.7. The van der Waals surface area contributed by atoms with Crippen LogP contribution in [-0.4, -0.2) is 33.4 Å². The first kappa shape index (κ1) is 21.2. The molecule has 0 atom stereocenters. The summed E-state index contributed by atoms with van der Waals surface area (Å²) in [5.74, 6) is 2.83. The third-order valence-corrected chi connectivity index (χ3v) is 5.30. The van der Waals surface area contributed by atoms with E-state index in [0.717, 1.165) is 45.1 Å². The van der Waals surface area contributed by atoms with Gasteiger partial charge in [-0.3, -0.25) is 0 Å². The van der Waals surface area contributed by atoms with E-state index in [-0.39, 0.29) is 0 Å². The lowest BCUT2D eigenvalue weighted by molar-refractivity contribution is 0.395. The van der Waals surface area contributed by atoms with E-state index in [2.05, 4.69) is 24.3 Å². The highest BCUT2D eigenvalue weighted by Gasteiger charge is 2.16. The van der Waals surface area contributed by atoms with Crippen molar-refractivity contribution in [1.82, 2.24) is 4.98 Å². The second-order valence-electron chi connectivity index (χ2n) is 7.12. The van der Waals surface area contributed by atoms with E-state index >= 15 is 0 Å². The topological polar surface area (TPSA) is 49.8 Å². The molecule has 1 heterocycles. The van der Waals surface area contributed by atoms with Gasteiger partial charge in [-0.1, -0.05) is 30.3 Å². The first-order valence-electron chi connectivity index (χ1n) is 10.2. The average molecular weight is 428 g/mol. The maximum atomic E-state index is 5.65. The Morgan fingerprint density at radius 2 is 1.00 bits per heavy atom. The van der Waals surface area contributed by atoms with Crippen LogP contribution >= 0.6 is 0 Å². The Bertz CT molecular complexity index is 1150. The molecule has 4 rings (SSSR count). The molecule has 0 aliphatic carbocycles. The summed E-state index contributed by atoms with van der Waals surface area (Å²) in [5, 5.41) is 0. The van der Waals surface area contributed by atoms with Crippen LogP contribution in [0.5, 0.6) is 23.0 Å². The van der Waals surface area contributed by atoms with Crippen molar-refractivity contribution in [2.24, 2.45) is 0 Å². The third-order valence-electron chi connectivity index (χ3n) is 5.30. The second-order valence-corrected chi connectivity index (χ2v) is 7.12. The van der Waals surface area contributed by atoms with Crippen molar-refractivity contribution in [3.05, 3.63) is 78.9 Å². The van der Waals surface area contributed by atoms with Gasteiger partial charge >= 0.3 is 0 Å². The van der Waals surface area contributed by atoms with Crippen LogP contribution in [0.15, 0.2) is 78.9 Å². The molecule has 0 bridgehead atoms. The summed E-state index contributed by atoms with van der Waals surface area (Å²) in [5.41, 5.74) is 5.47. The highest BCUT2D eigenvalue weighted by Crippen LogP contribution is 2.38. The van der Waals surface area contributed by atoms with Gasteiger partial charge < -0.3 is 18.9 Å². The van der Waals surface area contributed by atoms with Crippen molar-refractivity contribution in [1.29, 1.82) is 0 Å². The molecule has 32 heavy (non-hydrogen) atoms. The van der Waals surface area contributed by atoms with Crippen LogP contribution in [0.25, 0.3) is 33.6 Å². The number of benzene rings is 3. The van der Waals surface area contributed by atoms with Crippen LogP contribution < -0.4 is 18.9 Å². The molecule has 0 saturated heterocycles. The molecule has 0 spiro atoms. The second kappa shape index (κ2) is 9.43. The van der Waals surface area contributed by atoms with E-state index in [9.17, 15) is 0 Å². The van der Waals surface area contributed by atoms with Crippen molar-refractivity contribution in [2.45, 2.75) is 0 Å². The van der Waals surface area contributed by atoms with E-state index < -0.39 is 0 Å². The first-order valence-corrected chi connectivity index (χ1v) is 10.2. The van der Waals surface area contributed by atoms with E-state index in [4.69, 9.17) is 23.9 Å². The number of rotatable bonds is 7. The predicted octanol–water partition coefficient (Wildman–Crippen LogP) is 6.12. The van der Waals surface area contributed by atoms with Gasteiger partial charge in [0.05, 0.1) is 39.8 Å². The maximum absolute atomic E-state index is 5.65. The minimum absolute atomic E-state index is 0.690. The van der Waals surface area contributed by atoms with Gasteiger partial charge in [0.15, 0.2) is 0 Å². The molecular weight excluding hydrogens is 402 g/mol. The van der Waals surface area contributed by atoms with Crippen molar-refractivity contribution >= 4 is 0 Å². The molecule has 4 aromatic rings. The van der Waals surface area contributed by atoms with Gasteiger partial charge in [0.25, 0.3) is 0 Å². The summed E-state index contributed by atoms with van der Waals surface area (Å²) >= 11 is 0. The molecule has 1 aromatic heterocycles. The molecule has 0 aliphatic heterocycles. The standard InChI is InChI=1S/C27H25NO4/c1-29-20-10-12-22(26(16-20)31-3)24-14-19(18-8-6-5-7-9-18)15-25(28-24)23-13-11-21(30-2)17-27(23)32-4/h5-17H,1-4H3. The van der Waals surface area contributed by atoms with E-state index in [1.54, 1.807) is 28.4 Å². The number of nitrogens with zero attached hydrogens (tertiary/aromatic N) is 1. The average Bonchev–Trinajstić information content (AvgIpc) is 2.88. The zero-order chi connectivity index (χ0) is 22.5. The summed E-state index contributed by atoms with van der Waals surface area (Å²) < 4.78 is 22.0. The SMILES string of the molecule is COc1ccc(-c2cc(-c3ccccc3)cc(-c3ccc(OC)cc3OC)n2)c(OC)c1. The number of pyridine rings is 1. The fraction of sp³-hybridized carbons (Fsp3) is 0.148. The third kappa shape index (κ3) is 4.23. The molecule has 3 aromatic carbocycles. The highest BCUT2D eigenvalue weighted by molar-refractivity contribution is 5.80. The lowest BCUT2D eigenvalue weighted by atomic mass is 9.99. The van der Waals surface area contributed by atoms with Crippen LogP contribution in [0.2, 0.25) is 0 Å². The number of methoxy groups -OCH3 is 4. The molecule has 0 unspecified atom stereocenters. The van der Waals surface area contributed by atoms with Gasteiger partial charge in [0.1, 0.15) is 23.0 Å². The Hall–Kier alpha value is -3.99. The molecular formula is C27H25NO4. The van der Waals surface area contributed by atoms with Crippen LogP contribution in [0.4, 0.5) is 0 Å². The fourth-order valence-corrected chi connectivity index (χ4v) is 3.62. The summed E-state index contributed by atoms with van der Waals surface area (Å²) in [6.07, 6.45) is 0. The molecule has 5 nitrogen and oxygen atoms in total. The number of aromatic nitrogens is 1. The molecule has 0 saturated carbocycles. The van der Waals surface area contributed by atoms with Gasteiger partial charge in [-0.15, -0.1) is 0 Å². The smallest absolute Gasteiger partial charge is 0.131 e. The molecule has 0 amide bonds. The van der Waals surface area contributed by atoms with Gasteiger partial charge in [-0.05, 0) is 47.5 Å². The summed E-state index contributed by atoms with van der Waals surface area (Å²) in [7, 11) is 6.56. The van der Waals surface area contributed by atoms with Crippen LogP contribution in [0, 0.1) is 0 Å². The Morgan fingerprint density at radius 1 is 0.500 bits per heavy atom. The zero-order valence-electron chi connectivity index (χ0n) is 18.6. The Labute approximate surface area is 188 Å². The minimum atomic E-state index is 0.690. The van der Waals surface area contributed by atoms with Gasteiger partial charge in [0, 0.05) is 23.3 Å². The predicted molar refractivity (Wildman–Crippen MR) is 127 cm³/mol. The van der Waals surface area contributed by atoms with E-state index in [1.165, 1.54) is 0 Å². The number of hydrogen-bond donors (Lipinski definition) is 0. The van der Waals surface area contributed by atoms with Crippen molar-refractivity contribution < 1.29 is 18.9 Å². The minimum Gasteiger partial charge on any atom is -0.497 e. The quantitative estimate of drug-likeness (QED) is 0.356. The van der Waals surface area contributed by atoms with E-state index in [1.807, 2.05) is 54.6 Å². The highest BCUT2D eigenvalue weighted by atomic mass is 16.5. The van der Waals surface area contributed by atoms with Crippen molar-refractivity contribution in [3.63, 3.8) is 0 Å². The lowest BCUT2D eigenvalue weighted by Gasteiger charge is -2.15. The normalized spacial score (nSPS) is 10.5. The van der Waals surface area contributed by atoms with Crippen LogP contribution in [0.1, 0.15) is 0 Å². The van der Waals surface area contributed by atoms with Crippen LogP contribution in [-0.2, 0) is 0 Å². The fourth-order valence-electron chi connectivity index (χ4n) is 3.62. The summed E-state index contributed by atoms with van der Waals surface area (Å²) in [6, 6.07) is 25.8. The summed E-state index contributed by atoms with van der Waals surface area (Å²) in [6.45, 7) is 0. The van der Waals surface area contributed by atoms with Crippen LogP contribution in [0.3, 0.4) is 0 Å². The molecule has 162 valence electrons. The Morgan fingerprint density at radius 3 is 1.44 bits per heavy atom. The van der Waals surface area contributed by atoms with E-state index in [0.29, 0.717) is 11.5 Å². The molecule has 0 N–H and O–H groups in total. The Balaban J connectivity index is 1.95. The molecule has 0 fully saturated rings. The lowest BCUT2D eigenvalue weighted by Crippen LogP contribution is -1.96. The van der Waals surface area contributed by atoms with Gasteiger partial charge in [-0.2, -0.15) is 0 Å². The largest absolute Gasteiger partial charge is 0.497 e. The number of hydrogen-bond acceptors (Lipinski definition) is 5. The van der Waals surface area contributed by atoms with Crippen molar-refractivity contribution in [3.8, 4) is 56.6 Å². The van der Waals surface area contributed by atoms with Gasteiger partial charge in [0.2, 0.25) is 0 Å². The Kier molecular flexibility index (Phi) is 6.26. The molecule has 0 aliphatic rings. The molecule has 0 radical (unpaired) electrons. The molecule has 5 heteroatoms. The monoisotopic (exact) mass is 427 g/mol. The van der Waals surface area contributed by atoms with Gasteiger partial charge in [-0.25, -0.2) is 4.98 Å². The maximum Gasteiger partial charge on any atom is 0.131 e. The summed E-state index contributed by atoms with van der Waals surface area (Å²) in [4.78, 5) is 4.99.